The molecule has 0 saturated carbocycles. The van der Waals surface area contributed by atoms with Gasteiger partial charge in [-0.1, -0.05) is 5.16 Å². The van der Waals surface area contributed by atoms with Gasteiger partial charge in [-0.05, 0) is 0 Å². The first-order valence-electron chi connectivity index (χ1n) is 5.30. The SMILES string of the molecule is CN(C)S(=O)(=O)N1CCc2onc(CN)c2C1. The molecule has 96 valence electrons. The zero-order valence-corrected chi connectivity index (χ0v) is 10.7. The molecule has 2 heterocycles. The van der Waals surface area contributed by atoms with E-state index in [2.05, 4.69) is 5.16 Å². The van der Waals surface area contributed by atoms with Crippen LogP contribution in [0.2, 0.25) is 0 Å². The minimum absolute atomic E-state index is 0.259. The van der Waals surface area contributed by atoms with Gasteiger partial charge < -0.3 is 10.3 Å². The van der Waals surface area contributed by atoms with Gasteiger partial charge >= 0.3 is 0 Å². The van der Waals surface area contributed by atoms with Crippen LogP contribution >= 0.6 is 0 Å². The van der Waals surface area contributed by atoms with E-state index in [4.69, 9.17) is 10.3 Å². The van der Waals surface area contributed by atoms with Crippen LogP contribution in [-0.4, -0.2) is 42.8 Å². The van der Waals surface area contributed by atoms with Gasteiger partial charge in [0.25, 0.3) is 10.2 Å². The summed E-state index contributed by atoms with van der Waals surface area (Å²) < 4.78 is 31.7. The maximum absolute atomic E-state index is 12.0. The first-order chi connectivity index (χ1) is 7.96. The second-order valence-electron chi connectivity index (χ2n) is 4.11. The van der Waals surface area contributed by atoms with E-state index in [0.29, 0.717) is 18.7 Å². The number of nitrogens with two attached hydrogens (primary N) is 1. The third kappa shape index (κ3) is 2.08. The van der Waals surface area contributed by atoms with Crippen molar-refractivity contribution in [2.45, 2.75) is 19.5 Å². The van der Waals surface area contributed by atoms with Crippen molar-refractivity contribution < 1.29 is 12.9 Å². The van der Waals surface area contributed by atoms with Crippen LogP contribution in [0.15, 0.2) is 4.52 Å². The molecule has 0 amide bonds. The lowest BCUT2D eigenvalue weighted by Crippen LogP contribution is -2.42. The third-order valence-electron chi connectivity index (χ3n) is 2.85. The fourth-order valence-corrected chi connectivity index (χ4v) is 2.90. The van der Waals surface area contributed by atoms with E-state index in [-0.39, 0.29) is 13.1 Å². The van der Waals surface area contributed by atoms with Gasteiger partial charge in [0.1, 0.15) is 11.5 Å². The van der Waals surface area contributed by atoms with E-state index in [0.717, 1.165) is 11.3 Å². The summed E-state index contributed by atoms with van der Waals surface area (Å²) in [5.74, 6) is 0.746. The lowest BCUT2D eigenvalue weighted by atomic mass is 10.1. The zero-order valence-electron chi connectivity index (χ0n) is 9.88. The molecule has 0 atom stereocenters. The molecule has 1 aromatic rings. The smallest absolute Gasteiger partial charge is 0.281 e. The predicted molar refractivity (Wildman–Crippen MR) is 61.1 cm³/mol. The summed E-state index contributed by atoms with van der Waals surface area (Å²) in [5.41, 5.74) is 6.98. The standard InChI is InChI=1S/C9H16N4O3S/c1-12(2)17(14,15)13-4-3-9-7(6-13)8(5-10)11-16-9/h3-6,10H2,1-2H3. The van der Waals surface area contributed by atoms with E-state index in [9.17, 15) is 8.42 Å². The summed E-state index contributed by atoms with van der Waals surface area (Å²) in [4.78, 5) is 0. The van der Waals surface area contributed by atoms with Crippen molar-refractivity contribution in [3.63, 3.8) is 0 Å². The number of hydrogen-bond acceptors (Lipinski definition) is 5. The van der Waals surface area contributed by atoms with Crippen molar-refractivity contribution in [3.8, 4) is 0 Å². The Kier molecular flexibility index (Phi) is 3.21. The molecular formula is C9H16N4O3S. The molecule has 0 aromatic carbocycles. The fraction of sp³-hybridized carbons (Fsp3) is 0.667. The highest BCUT2D eigenvalue weighted by molar-refractivity contribution is 7.86. The second kappa shape index (κ2) is 4.37. The normalized spacial score (nSPS) is 17.4. The minimum atomic E-state index is -3.39. The topological polar surface area (TPSA) is 92.7 Å². The first kappa shape index (κ1) is 12.5. The van der Waals surface area contributed by atoms with Gasteiger partial charge in [0.05, 0.1) is 0 Å². The molecule has 0 aliphatic carbocycles. The molecule has 1 aromatic heterocycles. The molecule has 2 N–H and O–H groups in total. The molecule has 1 aliphatic rings. The van der Waals surface area contributed by atoms with Crippen LogP contribution < -0.4 is 5.73 Å². The van der Waals surface area contributed by atoms with Gasteiger partial charge in [0, 0.05) is 45.7 Å². The summed E-state index contributed by atoms with van der Waals surface area (Å²) in [7, 11) is -0.357. The van der Waals surface area contributed by atoms with Crippen LogP contribution in [0.1, 0.15) is 17.0 Å². The monoisotopic (exact) mass is 260 g/mol. The predicted octanol–water partition coefficient (Wildman–Crippen LogP) is -0.702. The molecule has 2 rings (SSSR count). The van der Waals surface area contributed by atoms with Crippen molar-refractivity contribution >= 4 is 10.2 Å². The van der Waals surface area contributed by atoms with Crippen LogP contribution in [-0.2, 0) is 29.7 Å². The molecule has 0 radical (unpaired) electrons. The van der Waals surface area contributed by atoms with Gasteiger partial charge in [0.15, 0.2) is 0 Å². The molecule has 8 heteroatoms. The molecule has 0 unspecified atom stereocenters. The van der Waals surface area contributed by atoms with Gasteiger partial charge in [-0.25, -0.2) is 0 Å². The molecule has 0 bridgehead atoms. The van der Waals surface area contributed by atoms with Crippen LogP contribution in [0.4, 0.5) is 0 Å². The summed E-state index contributed by atoms with van der Waals surface area (Å²) in [6.45, 7) is 0.952. The van der Waals surface area contributed by atoms with Crippen molar-refractivity contribution in [2.24, 2.45) is 5.73 Å². The summed E-state index contributed by atoms with van der Waals surface area (Å²) in [5, 5.41) is 3.84. The van der Waals surface area contributed by atoms with Gasteiger partial charge in [-0.3, -0.25) is 0 Å². The van der Waals surface area contributed by atoms with Crippen molar-refractivity contribution in [1.29, 1.82) is 0 Å². The van der Waals surface area contributed by atoms with Gasteiger partial charge in [0.2, 0.25) is 0 Å². The Morgan fingerprint density at radius 3 is 2.82 bits per heavy atom. The summed E-state index contributed by atoms with van der Waals surface area (Å²) >= 11 is 0. The van der Waals surface area contributed by atoms with Crippen LogP contribution in [0.3, 0.4) is 0 Å². The lowest BCUT2D eigenvalue weighted by molar-refractivity contribution is 0.318. The lowest BCUT2D eigenvalue weighted by Gasteiger charge is -2.27. The Hall–Kier alpha value is -0.960. The number of aromatic nitrogens is 1. The maximum Gasteiger partial charge on any atom is 0.281 e. The largest absolute Gasteiger partial charge is 0.361 e. The molecule has 0 saturated heterocycles. The van der Waals surface area contributed by atoms with Crippen LogP contribution in [0.5, 0.6) is 0 Å². The fourth-order valence-electron chi connectivity index (χ4n) is 1.83. The highest BCUT2D eigenvalue weighted by atomic mass is 32.2. The number of hydrogen-bond donors (Lipinski definition) is 1. The van der Waals surface area contributed by atoms with Crippen LogP contribution in [0, 0.1) is 0 Å². The zero-order chi connectivity index (χ0) is 12.6. The van der Waals surface area contributed by atoms with Gasteiger partial charge in [-0.2, -0.15) is 17.0 Å². The number of nitrogens with zero attached hydrogens (tertiary/aromatic N) is 3. The Morgan fingerprint density at radius 2 is 2.24 bits per heavy atom. The Labute approximate surface area is 100 Å². The Balaban J connectivity index is 2.29. The van der Waals surface area contributed by atoms with Crippen molar-refractivity contribution in [3.05, 3.63) is 17.0 Å². The first-order valence-corrected chi connectivity index (χ1v) is 6.70. The summed E-state index contributed by atoms with van der Waals surface area (Å²) in [6.07, 6.45) is 0.537. The average molecular weight is 260 g/mol. The van der Waals surface area contributed by atoms with Gasteiger partial charge in [-0.15, -0.1) is 0 Å². The molecule has 17 heavy (non-hydrogen) atoms. The number of fused-ring (bicyclic) bond motifs is 1. The minimum Gasteiger partial charge on any atom is -0.361 e. The Bertz CT molecular complexity index is 495. The van der Waals surface area contributed by atoms with E-state index in [1.165, 1.54) is 22.7 Å². The Morgan fingerprint density at radius 1 is 1.53 bits per heavy atom. The number of rotatable bonds is 3. The van der Waals surface area contributed by atoms with Crippen molar-refractivity contribution in [2.75, 3.05) is 20.6 Å². The van der Waals surface area contributed by atoms with E-state index >= 15 is 0 Å². The van der Waals surface area contributed by atoms with E-state index in [1.807, 2.05) is 0 Å². The van der Waals surface area contributed by atoms with Crippen molar-refractivity contribution in [1.82, 2.24) is 13.8 Å². The molecule has 7 nitrogen and oxygen atoms in total. The molecule has 1 aliphatic heterocycles. The third-order valence-corrected chi connectivity index (χ3v) is 4.74. The second-order valence-corrected chi connectivity index (χ2v) is 6.25. The molecule has 0 spiro atoms. The molecule has 0 fully saturated rings. The van der Waals surface area contributed by atoms with E-state index < -0.39 is 10.2 Å². The maximum atomic E-state index is 12.0. The highest BCUT2D eigenvalue weighted by Crippen LogP contribution is 2.24. The molecular weight excluding hydrogens is 244 g/mol. The highest BCUT2D eigenvalue weighted by Gasteiger charge is 2.31. The van der Waals surface area contributed by atoms with Crippen LogP contribution in [0.25, 0.3) is 0 Å². The summed E-state index contributed by atoms with van der Waals surface area (Å²) in [6, 6.07) is 0. The quantitative estimate of drug-likeness (QED) is 0.775. The van der Waals surface area contributed by atoms with E-state index in [1.54, 1.807) is 0 Å². The average Bonchev–Trinajstić information content (AvgIpc) is 2.70.